The topological polar surface area (TPSA) is 89.5 Å². The lowest BCUT2D eigenvalue weighted by Crippen LogP contribution is -2.13. The average Bonchev–Trinajstić information content (AvgIpc) is 2.81. The largest absolute Gasteiger partial charge is 0.464 e. The zero-order valence-corrected chi connectivity index (χ0v) is 15.8. The van der Waals surface area contributed by atoms with E-state index in [-0.39, 0.29) is 18.1 Å². The lowest BCUT2D eigenvalue weighted by Gasteiger charge is -2.10. The lowest BCUT2D eigenvalue weighted by molar-refractivity contribution is -0.276. The molecule has 0 saturated heterocycles. The quantitative estimate of drug-likeness (QED) is 0.215. The van der Waals surface area contributed by atoms with Gasteiger partial charge in [0.1, 0.15) is 17.1 Å². The third-order valence-corrected chi connectivity index (χ3v) is 3.67. The van der Waals surface area contributed by atoms with Gasteiger partial charge in [-0.2, -0.15) is 0 Å². The highest BCUT2D eigenvalue weighted by Crippen LogP contribution is 2.19. The van der Waals surface area contributed by atoms with Crippen LogP contribution in [0.3, 0.4) is 0 Å². The van der Waals surface area contributed by atoms with Crippen molar-refractivity contribution in [3.05, 3.63) is 96.1 Å². The molecule has 0 unspecified atom stereocenters. The Kier molecular flexibility index (Phi) is 7.78. The minimum absolute atomic E-state index is 0.0928. The molecule has 0 aliphatic rings. The van der Waals surface area contributed by atoms with Crippen molar-refractivity contribution in [1.82, 2.24) is 0 Å². The molecule has 8 nitrogen and oxygen atoms in total. The number of benzene rings is 3. The van der Waals surface area contributed by atoms with Gasteiger partial charge in [-0.25, -0.2) is 9.59 Å². The van der Waals surface area contributed by atoms with E-state index in [1.165, 1.54) is 12.1 Å². The van der Waals surface area contributed by atoms with Gasteiger partial charge in [-0.15, -0.1) is 9.78 Å². The summed E-state index contributed by atoms with van der Waals surface area (Å²) in [5.41, 5.74) is 0.423. The molecule has 0 aliphatic heterocycles. The Hall–Kier alpha value is -3.88. The first kappa shape index (κ1) is 20.8. The standard InChI is InChI=1S/C22H18O8/c23-21(17-9-3-1-4-10-17)29-28-16-26-20-14-8-7-13-19(20)22(24)30-27-15-25-18-11-5-2-6-12-18/h1-14H,15-16H2. The summed E-state index contributed by atoms with van der Waals surface area (Å²) in [5.74, 6) is -0.729. The van der Waals surface area contributed by atoms with Crippen molar-refractivity contribution >= 4 is 11.9 Å². The second kappa shape index (κ2) is 11.2. The van der Waals surface area contributed by atoms with E-state index < -0.39 is 18.7 Å². The molecule has 0 fully saturated rings. The fourth-order valence-corrected chi connectivity index (χ4v) is 2.28. The Morgan fingerprint density at radius 2 is 1.17 bits per heavy atom. The van der Waals surface area contributed by atoms with E-state index in [0.29, 0.717) is 11.3 Å². The maximum atomic E-state index is 12.2. The summed E-state index contributed by atoms with van der Waals surface area (Å²) in [6, 6.07) is 23.5. The van der Waals surface area contributed by atoms with E-state index in [2.05, 4.69) is 4.89 Å². The fraction of sp³-hybridized carbons (Fsp3) is 0.0909. The van der Waals surface area contributed by atoms with Crippen LogP contribution in [0.4, 0.5) is 0 Å². The number of carbonyl (C=O) groups excluding carboxylic acids is 2. The first-order valence-corrected chi connectivity index (χ1v) is 8.86. The van der Waals surface area contributed by atoms with Crippen LogP contribution in [-0.2, 0) is 19.6 Å². The van der Waals surface area contributed by atoms with Crippen LogP contribution in [0.5, 0.6) is 11.5 Å². The van der Waals surface area contributed by atoms with Gasteiger partial charge in [0.2, 0.25) is 13.6 Å². The number of rotatable bonds is 10. The van der Waals surface area contributed by atoms with Crippen LogP contribution in [-0.4, -0.2) is 25.5 Å². The second-order valence-corrected chi connectivity index (χ2v) is 5.68. The molecule has 3 rings (SSSR count). The molecular formula is C22H18O8. The highest BCUT2D eigenvalue weighted by atomic mass is 17.2. The van der Waals surface area contributed by atoms with Gasteiger partial charge in [-0.3, -0.25) is 9.78 Å². The molecule has 0 aromatic heterocycles. The smallest absolute Gasteiger partial charge is 0.377 e. The molecule has 0 N–H and O–H groups in total. The monoisotopic (exact) mass is 410 g/mol. The summed E-state index contributed by atoms with van der Waals surface area (Å²) in [5, 5.41) is 0. The van der Waals surface area contributed by atoms with Crippen molar-refractivity contribution < 1.29 is 38.6 Å². The second-order valence-electron chi connectivity index (χ2n) is 5.68. The maximum absolute atomic E-state index is 12.2. The van der Waals surface area contributed by atoms with Gasteiger partial charge >= 0.3 is 11.9 Å². The van der Waals surface area contributed by atoms with Gasteiger partial charge in [0.15, 0.2) is 0 Å². The van der Waals surface area contributed by atoms with Crippen LogP contribution in [0.25, 0.3) is 0 Å². The third-order valence-electron chi connectivity index (χ3n) is 3.67. The summed E-state index contributed by atoms with van der Waals surface area (Å²) in [6.07, 6.45) is 0. The van der Waals surface area contributed by atoms with Crippen molar-refractivity contribution in [2.45, 2.75) is 0 Å². The van der Waals surface area contributed by atoms with Crippen molar-refractivity contribution in [1.29, 1.82) is 0 Å². The molecule has 0 bridgehead atoms. The molecule has 0 amide bonds. The van der Waals surface area contributed by atoms with Crippen LogP contribution in [0, 0.1) is 0 Å². The molecule has 154 valence electrons. The molecule has 0 spiro atoms. The van der Waals surface area contributed by atoms with Crippen LogP contribution in [0.1, 0.15) is 20.7 Å². The fourth-order valence-electron chi connectivity index (χ4n) is 2.28. The molecule has 30 heavy (non-hydrogen) atoms. The summed E-state index contributed by atoms with van der Waals surface area (Å²) >= 11 is 0. The highest BCUT2D eigenvalue weighted by Gasteiger charge is 2.15. The normalized spacial score (nSPS) is 10.1. The predicted octanol–water partition coefficient (Wildman–Crippen LogP) is 3.94. The SMILES string of the molecule is O=C(OOCOc1ccccc1C(=O)OOCOc1ccccc1)c1ccccc1. The Balaban J connectivity index is 1.43. The van der Waals surface area contributed by atoms with E-state index in [9.17, 15) is 9.59 Å². The van der Waals surface area contributed by atoms with E-state index in [0.717, 1.165) is 0 Å². The summed E-state index contributed by atoms with van der Waals surface area (Å²) in [7, 11) is 0. The summed E-state index contributed by atoms with van der Waals surface area (Å²) in [4.78, 5) is 42.9. The molecule has 8 heteroatoms. The van der Waals surface area contributed by atoms with Gasteiger partial charge in [0, 0.05) is 0 Å². The van der Waals surface area contributed by atoms with Crippen molar-refractivity contribution in [2.24, 2.45) is 0 Å². The Morgan fingerprint density at radius 3 is 1.90 bits per heavy atom. The number of ether oxygens (including phenoxy) is 2. The van der Waals surface area contributed by atoms with Gasteiger partial charge in [-0.05, 0) is 36.4 Å². The molecule has 0 aliphatic carbocycles. The molecular weight excluding hydrogens is 392 g/mol. The molecule has 3 aromatic rings. The van der Waals surface area contributed by atoms with Gasteiger partial charge in [0.05, 0.1) is 5.56 Å². The molecule has 0 heterocycles. The van der Waals surface area contributed by atoms with E-state index in [4.69, 9.17) is 24.1 Å². The Morgan fingerprint density at radius 1 is 0.600 bits per heavy atom. The first-order valence-electron chi connectivity index (χ1n) is 8.86. The zero-order valence-electron chi connectivity index (χ0n) is 15.8. The van der Waals surface area contributed by atoms with Crippen LogP contribution in [0.15, 0.2) is 84.9 Å². The van der Waals surface area contributed by atoms with Gasteiger partial charge < -0.3 is 9.47 Å². The van der Waals surface area contributed by atoms with Crippen LogP contribution < -0.4 is 9.47 Å². The minimum atomic E-state index is -0.788. The van der Waals surface area contributed by atoms with E-state index in [1.807, 2.05) is 6.07 Å². The number of carbonyl (C=O) groups is 2. The molecule has 3 aromatic carbocycles. The van der Waals surface area contributed by atoms with Gasteiger partial charge in [0.25, 0.3) is 0 Å². The molecule has 0 saturated carbocycles. The van der Waals surface area contributed by atoms with Gasteiger partial charge in [-0.1, -0.05) is 48.5 Å². The molecule has 0 atom stereocenters. The van der Waals surface area contributed by atoms with Crippen LogP contribution >= 0.6 is 0 Å². The summed E-state index contributed by atoms with van der Waals surface area (Å²) in [6.45, 7) is -0.710. The minimum Gasteiger partial charge on any atom is -0.464 e. The maximum Gasteiger partial charge on any atom is 0.377 e. The van der Waals surface area contributed by atoms with Crippen molar-refractivity contribution in [2.75, 3.05) is 13.6 Å². The predicted molar refractivity (Wildman–Crippen MR) is 103 cm³/mol. The number of para-hydroxylation sites is 2. The van der Waals surface area contributed by atoms with Crippen molar-refractivity contribution in [3.63, 3.8) is 0 Å². The lowest BCUT2D eigenvalue weighted by atomic mass is 10.2. The third kappa shape index (κ3) is 6.33. The number of hydrogen-bond donors (Lipinski definition) is 0. The first-order chi connectivity index (χ1) is 14.7. The van der Waals surface area contributed by atoms with Crippen LogP contribution in [0.2, 0.25) is 0 Å². The average molecular weight is 410 g/mol. The van der Waals surface area contributed by atoms with Crippen molar-refractivity contribution in [3.8, 4) is 11.5 Å². The Labute approximate surface area is 172 Å². The van der Waals surface area contributed by atoms with E-state index >= 15 is 0 Å². The Bertz CT molecular complexity index is 944. The number of hydrogen-bond acceptors (Lipinski definition) is 8. The molecule has 0 radical (unpaired) electrons. The summed E-state index contributed by atoms with van der Waals surface area (Å²) < 4.78 is 10.6. The zero-order chi connectivity index (χ0) is 21.0. The van der Waals surface area contributed by atoms with E-state index in [1.54, 1.807) is 66.7 Å². The highest BCUT2D eigenvalue weighted by molar-refractivity contribution is 5.92.